The van der Waals surface area contributed by atoms with Crippen LogP contribution >= 0.6 is 0 Å². The minimum Gasteiger partial charge on any atom is -0.480 e. The second-order valence-corrected chi connectivity index (χ2v) is 7.10. The largest absolute Gasteiger partial charge is 0.480 e. The Morgan fingerprint density at radius 3 is 2.15 bits per heavy atom. The Labute approximate surface area is 151 Å². The number of esters is 1. The van der Waals surface area contributed by atoms with Crippen molar-refractivity contribution in [2.24, 2.45) is 11.1 Å². The van der Waals surface area contributed by atoms with Crippen molar-refractivity contribution in [2.75, 3.05) is 6.61 Å². The highest BCUT2D eigenvalue weighted by atomic mass is 16.5. The van der Waals surface area contributed by atoms with E-state index in [0.29, 0.717) is 12.8 Å². The summed E-state index contributed by atoms with van der Waals surface area (Å²) in [7, 11) is 0. The van der Waals surface area contributed by atoms with Crippen molar-refractivity contribution in [3.05, 3.63) is 59.7 Å². The molecular weight excluding hydrogens is 330 g/mol. The lowest BCUT2D eigenvalue weighted by molar-refractivity contribution is -0.169. The Bertz CT molecular complexity index is 832. The molecule has 134 valence electrons. The quantitative estimate of drug-likeness (QED) is 0.653. The van der Waals surface area contributed by atoms with E-state index in [1.165, 1.54) is 0 Å². The summed E-state index contributed by atoms with van der Waals surface area (Å²) in [6.45, 7) is 0.120. The maximum absolute atomic E-state index is 12.7. The summed E-state index contributed by atoms with van der Waals surface area (Å²) in [6.07, 6.45) is 1.38. The molecule has 1 fully saturated rings. The second kappa shape index (κ2) is 6.25. The summed E-state index contributed by atoms with van der Waals surface area (Å²) in [5.41, 5.74) is 8.82. The van der Waals surface area contributed by atoms with Gasteiger partial charge in [-0.25, -0.2) is 0 Å². The van der Waals surface area contributed by atoms with Crippen LogP contribution in [-0.4, -0.2) is 29.7 Å². The molecule has 0 saturated heterocycles. The van der Waals surface area contributed by atoms with Gasteiger partial charge in [-0.1, -0.05) is 55.0 Å². The molecule has 0 spiro atoms. The number of carbonyl (C=O) groups is 2. The molecule has 2 aromatic carbocycles. The fourth-order valence-corrected chi connectivity index (χ4v) is 4.37. The van der Waals surface area contributed by atoms with Gasteiger partial charge in [-0.2, -0.15) is 0 Å². The van der Waals surface area contributed by atoms with Crippen LogP contribution < -0.4 is 5.73 Å². The van der Waals surface area contributed by atoms with E-state index in [1.54, 1.807) is 0 Å². The van der Waals surface area contributed by atoms with E-state index < -0.39 is 23.4 Å². The number of carboxylic acid groups (broad SMARTS) is 1. The molecule has 0 aromatic heterocycles. The molecule has 0 unspecified atom stereocenters. The standard InChI is InChI=1S/C21H21NO4/c22-18-10-5-11-21(18,19(23)24)20(25)26-12-17-15-8-3-1-6-13(15)14-7-2-4-9-16(14)17/h1-4,6-9,17-18H,5,10-12,22H2,(H,23,24)/t18-,21+/m1/s1. The van der Waals surface area contributed by atoms with Gasteiger partial charge in [0.1, 0.15) is 6.61 Å². The van der Waals surface area contributed by atoms with E-state index in [4.69, 9.17) is 10.5 Å². The average Bonchev–Trinajstić information content (AvgIpc) is 3.19. The van der Waals surface area contributed by atoms with Gasteiger partial charge in [0.15, 0.2) is 5.41 Å². The van der Waals surface area contributed by atoms with Crippen LogP contribution in [0.3, 0.4) is 0 Å². The average molecular weight is 351 g/mol. The van der Waals surface area contributed by atoms with Crippen LogP contribution in [0.25, 0.3) is 11.1 Å². The summed E-state index contributed by atoms with van der Waals surface area (Å²) < 4.78 is 5.56. The smallest absolute Gasteiger partial charge is 0.325 e. The maximum atomic E-state index is 12.7. The van der Waals surface area contributed by atoms with Gasteiger partial charge in [0.2, 0.25) is 0 Å². The Morgan fingerprint density at radius 1 is 1.08 bits per heavy atom. The molecule has 0 aliphatic heterocycles. The van der Waals surface area contributed by atoms with Gasteiger partial charge in [0, 0.05) is 12.0 Å². The number of ether oxygens (including phenoxy) is 1. The Balaban J connectivity index is 1.60. The number of benzene rings is 2. The molecule has 0 amide bonds. The molecule has 26 heavy (non-hydrogen) atoms. The van der Waals surface area contributed by atoms with Crippen molar-refractivity contribution in [1.29, 1.82) is 0 Å². The molecule has 3 N–H and O–H groups in total. The monoisotopic (exact) mass is 351 g/mol. The van der Waals surface area contributed by atoms with Crippen LogP contribution in [0.2, 0.25) is 0 Å². The second-order valence-electron chi connectivity index (χ2n) is 7.10. The van der Waals surface area contributed by atoms with Crippen molar-refractivity contribution >= 4 is 11.9 Å². The van der Waals surface area contributed by atoms with E-state index in [2.05, 4.69) is 12.1 Å². The Kier molecular flexibility index (Phi) is 4.04. The third-order valence-electron chi connectivity index (χ3n) is 5.81. The number of hydrogen-bond acceptors (Lipinski definition) is 4. The van der Waals surface area contributed by atoms with Crippen molar-refractivity contribution in [3.63, 3.8) is 0 Å². The van der Waals surface area contributed by atoms with Crippen LogP contribution in [0.5, 0.6) is 0 Å². The van der Waals surface area contributed by atoms with E-state index in [-0.39, 0.29) is 18.9 Å². The minimum atomic E-state index is -1.61. The zero-order valence-corrected chi connectivity index (χ0v) is 14.4. The van der Waals surface area contributed by atoms with E-state index in [0.717, 1.165) is 22.3 Å². The molecule has 1 saturated carbocycles. The number of fused-ring (bicyclic) bond motifs is 3. The molecular formula is C21H21NO4. The third kappa shape index (κ3) is 2.35. The molecule has 4 rings (SSSR count). The maximum Gasteiger partial charge on any atom is 0.325 e. The molecule has 5 heteroatoms. The lowest BCUT2D eigenvalue weighted by Crippen LogP contribution is -2.50. The van der Waals surface area contributed by atoms with Gasteiger partial charge in [-0.3, -0.25) is 9.59 Å². The van der Waals surface area contributed by atoms with E-state index in [1.807, 2.05) is 36.4 Å². The SMILES string of the molecule is N[C@@H]1CCC[C@]1(C(=O)O)C(=O)OCC1c2ccccc2-c2ccccc21. The molecule has 2 aliphatic rings. The summed E-state index contributed by atoms with van der Waals surface area (Å²) in [4.78, 5) is 24.5. The van der Waals surface area contributed by atoms with Crippen molar-refractivity contribution in [2.45, 2.75) is 31.2 Å². The number of carbonyl (C=O) groups excluding carboxylic acids is 1. The van der Waals surface area contributed by atoms with E-state index in [9.17, 15) is 14.7 Å². The first-order valence-electron chi connectivity index (χ1n) is 8.90. The highest BCUT2D eigenvalue weighted by Gasteiger charge is 2.55. The van der Waals surface area contributed by atoms with Crippen LogP contribution in [0.1, 0.15) is 36.3 Å². The highest BCUT2D eigenvalue weighted by molar-refractivity contribution is 6.00. The summed E-state index contributed by atoms with van der Waals surface area (Å²) in [5, 5.41) is 9.63. The molecule has 0 bridgehead atoms. The summed E-state index contributed by atoms with van der Waals surface area (Å²) >= 11 is 0. The fraction of sp³-hybridized carbons (Fsp3) is 0.333. The van der Waals surface area contributed by atoms with Gasteiger partial charge >= 0.3 is 11.9 Å². The topological polar surface area (TPSA) is 89.6 Å². The molecule has 5 nitrogen and oxygen atoms in total. The van der Waals surface area contributed by atoms with Gasteiger partial charge in [0.25, 0.3) is 0 Å². The van der Waals surface area contributed by atoms with Crippen LogP contribution in [0.4, 0.5) is 0 Å². The lowest BCUT2D eigenvalue weighted by atomic mass is 9.83. The lowest BCUT2D eigenvalue weighted by Gasteiger charge is -2.27. The predicted molar refractivity (Wildman–Crippen MR) is 96.6 cm³/mol. The van der Waals surface area contributed by atoms with Crippen molar-refractivity contribution < 1.29 is 19.4 Å². The Morgan fingerprint density at radius 2 is 1.65 bits per heavy atom. The number of nitrogens with two attached hydrogens (primary N) is 1. The van der Waals surface area contributed by atoms with Gasteiger partial charge in [0.05, 0.1) is 0 Å². The first kappa shape index (κ1) is 16.8. The number of hydrogen-bond donors (Lipinski definition) is 2. The number of rotatable bonds is 4. The highest BCUT2D eigenvalue weighted by Crippen LogP contribution is 2.45. The number of carboxylic acids is 1. The zero-order valence-electron chi connectivity index (χ0n) is 14.4. The third-order valence-corrected chi connectivity index (χ3v) is 5.81. The van der Waals surface area contributed by atoms with E-state index >= 15 is 0 Å². The normalized spacial score (nSPS) is 24.1. The molecule has 0 radical (unpaired) electrons. The van der Waals surface area contributed by atoms with Crippen LogP contribution in [0, 0.1) is 5.41 Å². The molecule has 2 atom stereocenters. The predicted octanol–water partition coefficient (Wildman–Crippen LogP) is 2.92. The Hall–Kier alpha value is -2.66. The summed E-state index contributed by atoms with van der Waals surface area (Å²) in [6, 6.07) is 15.4. The minimum absolute atomic E-state index is 0.0881. The van der Waals surface area contributed by atoms with Gasteiger partial charge in [-0.15, -0.1) is 0 Å². The number of aliphatic carboxylic acids is 1. The van der Waals surface area contributed by atoms with Gasteiger partial charge < -0.3 is 15.6 Å². The summed E-state index contributed by atoms with van der Waals surface area (Å²) in [5.74, 6) is -1.98. The zero-order chi connectivity index (χ0) is 18.3. The molecule has 0 heterocycles. The van der Waals surface area contributed by atoms with Crippen LogP contribution in [-0.2, 0) is 14.3 Å². The van der Waals surface area contributed by atoms with Crippen molar-refractivity contribution in [3.8, 4) is 11.1 Å². The van der Waals surface area contributed by atoms with Crippen LogP contribution in [0.15, 0.2) is 48.5 Å². The fourth-order valence-electron chi connectivity index (χ4n) is 4.37. The molecule has 2 aromatic rings. The van der Waals surface area contributed by atoms with Crippen molar-refractivity contribution in [1.82, 2.24) is 0 Å². The molecule has 2 aliphatic carbocycles. The van der Waals surface area contributed by atoms with Gasteiger partial charge in [-0.05, 0) is 35.1 Å². The first-order valence-corrected chi connectivity index (χ1v) is 8.90. The first-order chi connectivity index (χ1) is 12.6.